The number of amides is 1. The van der Waals surface area contributed by atoms with Crippen LogP contribution < -0.4 is 14.2 Å². The predicted molar refractivity (Wildman–Crippen MR) is 117 cm³/mol. The third-order valence-electron chi connectivity index (χ3n) is 5.52. The van der Waals surface area contributed by atoms with Crippen LogP contribution in [0.5, 0.6) is 17.2 Å². The normalized spacial score (nSPS) is 14.5. The Bertz CT molecular complexity index is 860. The van der Waals surface area contributed by atoms with Gasteiger partial charge >= 0.3 is 0 Å². The third-order valence-corrected chi connectivity index (χ3v) is 5.52. The Morgan fingerprint density at radius 3 is 2.40 bits per heavy atom. The van der Waals surface area contributed by atoms with E-state index in [1.165, 1.54) is 0 Å². The van der Waals surface area contributed by atoms with Gasteiger partial charge in [-0.2, -0.15) is 0 Å². The van der Waals surface area contributed by atoms with Gasteiger partial charge in [-0.1, -0.05) is 12.1 Å². The molecule has 0 spiro atoms. The van der Waals surface area contributed by atoms with E-state index in [0.29, 0.717) is 13.0 Å². The largest absolute Gasteiger partial charge is 0.497 e. The van der Waals surface area contributed by atoms with Gasteiger partial charge < -0.3 is 19.1 Å². The molecule has 1 aliphatic rings. The smallest absolute Gasteiger partial charge is 0.226 e. The molecule has 1 aliphatic heterocycles. The van der Waals surface area contributed by atoms with Crippen molar-refractivity contribution < 1.29 is 19.0 Å². The molecule has 0 atom stereocenters. The van der Waals surface area contributed by atoms with Gasteiger partial charge in [-0.15, -0.1) is 0 Å². The summed E-state index contributed by atoms with van der Waals surface area (Å²) in [6.45, 7) is 8.38. The first-order valence-electron chi connectivity index (χ1n) is 10.4. The van der Waals surface area contributed by atoms with E-state index in [2.05, 4.69) is 11.0 Å². The molecule has 3 rings (SSSR count). The van der Waals surface area contributed by atoms with Crippen LogP contribution in [-0.4, -0.2) is 62.7 Å². The number of carbonyl (C=O) groups is 1. The van der Waals surface area contributed by atoms with Crippen LogP contribution in [0.2, 0.25) is 0 Å². The van der Waals surface area contributed by atoms with Crippen LogP contribution in [0.15, 0.2) is 36.4 Å². The second-order valence-electron chi connectivity index (χ2n) is 7.70. The van der Waals surface area contributed by atoms with Gasteiger partial charge in [0.15, 0.2) is 0 Å². The van der Waals surface area contributed by atoms with E-state index in [4.69, 9.17) is 14.2 Å². The number of piperazine rings is 1. The lowest BCUT2D eigenvalue weighted by atomic mass is 10.1. The zero-order valence-corrected chi connectivity index (χ0v) is 18.4. The number of rotatable bonds is 8. The van der Waals surface area contributed by atoms with Crippen LogP contribution in [0.25, 0.3) is 0 Å². The minimum Gasteiger partial charge on any atom is -0.497 e. The van der Waals surface area contributed by atoms with Crippen molar-refractivity contribution in [2.45, 2.75) is 26.8 Å². The van der Waals surface area contributed by atoms with Gasteiger partial charge in [0.1, 0.15) is 17.2 Å². The van der Waals surface area contributed by atoms with Gasteiger partial charge in [0.05, 0.1) is 27.2 Å². The lowest BCUT2D eigenvalue weighted by Gasteiger charge is -2.35. The van der Waals surface area contributed by atoms with Crippen LogP contribution in [0.3, 0.4) is 0 Å². The summed E-state index contributed by atoms with van der Waals surface area (Å²) in [4.78, 5) is 16.9. The van der Waals surface area contributed by atoms with E-state index in [1.807, 2.05) is 49.1 Å². The molecule has 6 heteroatoms. The van der Waals surface area contributed by atoms with E-state index in [-0.39, 0.29) is 5.91 Å². The quantitative estimate of drug-likeness (QED) is 0.665. The molecule has 2 aromatic carbocycles. The Morgan fingerprint density at radius 2 is 1.70 bits per heavy atom. The molecule has 30 heavy (non-hydrogen) atoms. The maximum absolute atomic E-state index is 12.6. The van der Waals surface area contributed by atoms with E-state index >= 15 is 0 Å². The minimum absolute atomic E-state index is 0.152. The highest BCUT2D eigenvalue weighted by Gasteiger charge is 2.22. The molecular weight excluding hydrogens is 380 g/mol. The molecule has 6 nitrogen and oxygen atoms in total. The molecule has 0 aliphatic carbocycles. The average Bonchev–Trinajstić information content (AvgIpc) is 2.76. The van der Waals surface area contributed by atoms with E-state index in [1.54, 1.807) is 14.2 Å². The Morgan fingerprint density at radius 1 is 0.933 bits per heavy atom. The van der Waals surface area contributed by atoms with Crippen molar-refractivity contribution in [3.05, 3.63) is 53.1 Å². The van der Waals surface area contributed by atoms with Gasteiger partial charge in [0.25, 0.3) is 0 Å². The minimum atomic E-state index is 0.152. The summed E-state index contributed by atoms with van der Waals surface area (Å²) in [5.74, 6) is 2.69. The van der Waals surface area contributed by atoms with Crippen LogP contribution in [0.1, 0.15) is 23.1 Å². The second-order valence-corrected chi connectivity index (χ2v) is 7.70. The van der Waals surface area contributed by atoms with E-state index in [0.717, 1.165) is 66.7 Å². The van der Waals surface area contributed by atoms with Crippen LogP contribution in [0, 0.1) is 13.8 Å². The monoisotopic (exact) mass is 412 g/mol. The summed E-state index contributed by atoms with van der Waals surface area (Å²) in [5.41, 5.74) is 3.35. The van der Waals surface area contributed by atoms with Crippen molar-refractivity contribution in [1.29, 1.82) is 0 Å². The Kier molecular flexibility index (Phi) is 7.57. The number of hydrogen-bond donors (Lipinski definition) is 0. The first-order chi connectivity index (χ1) is 14.5. The molecule has 0 bridgehead atoms. The zero-order chi connectivity index (χ0) is 21.5. The summed E-state index contributed by atoms with van der Waals surface area (Å²) >= 11 is 0. The molecule has 1 amide bonds. The maximum atomic E-state index is 12.6. The molecule has 1 heterocycles. The highest BCUT2D eigenvalue weighted by molar-refractivity contribution is 5.76. The van der Waals surface area contributed by atoms with Gasteiger partial charge in [0, 0.05) is 38.3 Å². The van der Waals surface area contributed by atoms with Gasteiger partial charge in [-0.3, -0.25) is 9.69 Å². The molecule has 2 aromatic rings. The number of aryl methyl sites for hydroxylation is 2. The summed E-state index contributed by atoms with van der Waals surface area (Å²) in [7, 11) is 3.35. The highest BCUT2D eigenvalue weighted by atomic mass is 16.5. The number of benzene rings is 2. The van der Waals surface area contributed by atoms with E-state index in [9.17, 15) is 4.79 Å². The molecule has 1 saturated heterocycles. The molecular formula is C24H32N2O4. The molecule has 0 radical (unpaired) electrons. The summed E-state index contributed by atoms with van der Waals surface area (Å²) in [5, 5.41) is 0. The standard InChI is InChI=1S/C24H32N2O4/c1-18-5-6-19(2)23(15-18)30-14-9-24(27)26-12-10-25(11-13-26)17-20-16-21(28-3)7-8-22(20)29-4/h5-8,15-16H,9-14,17H2,1-4H3. The van der Waals surface area contributed by atoms with Crippen molar-refractivity contribution >= 4 is 5.91 Å². The Balaban J connectivity index is 1.46. The van der Waals surface area contributed by atoms with Gasteiger partial charge in [0.2, 0.25) is 5.91 Å². The second kappa shape index (κ2) is 10.3. The highest BCUT2D eigenvalue weighted by Crippen LogP contribution is 2.25. The number of methoxy groups -OCH3 is 2. The van der Waals surface area contributed by atoms with Crippen LogP contribution in [0.4, 0.5) is 0 Å². The summed E-state index contributed by atoms with van der Waals surface area (Å²) in [6.07, 6.45) is 0.400. The fourth-order valence-electron chi connectivity index (χ4n) is 3.67. The summed E-state index contributed by atoms with van der Waals surface area (Å²) < 4.78 is 16.7. The number of hydrogen-bond acceptors (Lipinski definition) is 5. The van der Waals surface area contributed by atoms with Crippen molar-refractivity contribution in [2.24, 2.45) is 0 Å². The molecule has 0 aromatic heterocycles. The first-order valence-corrected chi connectivity index (χ1v) is 10.4. The van der Waals surface area contributed by atoms with Crippen molar-refractivity contribution in [1.82, 2.24) is 9.80 Å². The predicted octanol–water partition coefficient (Wildman–Crippen LogP) is 3.43. The van der Waals surface area contributed by atoms with Gasteiger partial charge in [-0.25, -0.2) is 0 Å². The lowest BCUT2D eigenvalue weighted by Crippen LogP contribution is -2.48. The van der Waals surface area contributed by atoms with Crippen molar-refractivity contribution in [3.63, 3.8) is 0 Å². The van der Waals surface area contributed by atoms with Gasteiger partial charge in [-0.05, 0) is 49.2 Å². The summed E-state index contributed by atoms with van der Waals surface area (Å²) in [6, 6.07) is 12.0. The number of nitrogens with zero attached hydrogens (tertiary/aromatic N) is 2. The SMILES string of the molecule is COc1ccc(OC)c(CN2CCN(C(=O)CCOc3cc(C)ccc3C)CC2)c1. The zero-order valence-electron chi connectivity index (χ0n) is 18.4. The maximum Gasteiger partial charge on any atom is 0.226 e. The molecule has 0 N–H and O–H groups in total. The Labute approximate surface area is 179 Å². The van der Waals surface area contributed by atoms with Crippen LogP contribution in [-0.2, 0) is 11.3 Å². The molecule has 0 saturated carbocycles. The molecule has 0 unspecified atom stereocenters. The van der Waals surface area contributed by atoms with Crippen LogP contribution >= 0.6 is 0 Å². The fourth-order valence-corrected chi connectivity index (χ4v) is 3.67. The number of ether oxygens (including phenoxy) is 3. The Hall–Kier alpha value is -2.73. The topological polar surface area (TPSA) is 51.2 Å². The average molecular weight is 413 g/mol. The molecule has 162 valence electrons. The first kappa shape index (κ1) is 22.0. The van der Waals surface area contributed by atoms with Crippen molar-refractivity contribution in [3.8, 4) is 17.2 Å². The lowest BCUT2D eigenvalue weighted by molar-refractivity contribution is -0.133. The fraction of sp³-hybridized carbons (Fsp3) is 0.458. The molecule has 1 fully saturated rings. The van der Waals surface area contributed by atoms with Crippen molar-refractivity contribution in [2.75, 3.05) is 47.0 Å². The third kappa shape index (κ3) is 5.66. The van der Waals surface area contributed by atoms with E-state index < -0.39 is 0 Å². The number of carbonyl (C=O) groups excluding carboxylic acids is 1.